The van der Waals surface area contributed by atoms with Crippen molar-refractivity contribution in [3.8, 4) is 0 Å². The van der Waals surface area contributed by atoms with Crippen molar-refractivity contribution in [2.24, 2.45) is 5.73 Å². The molecular formula is C10H14BrNOS. The summed E-state index contributed by atoms with van der Waals surface area (Å²) in [6.45, 7) is 0.677. The van der Waals surface area contributed by atoms with Crippen LogP contribution in [0.25, 0.3) is 0 Å². The first-order valence-corrected chi connectivity index (χ1v) is 6.35. The maximum atomic E-state index is 11.5. The van der Waals surface area contributed by atoms with E-state index in [1.165, 1.54) is 0 Å². The quantitative estimate of drug-likeness (QED) is 0.812. The third kappa shape index (κ3) is 3.90. The molecular weight excluding hydrogens is 262 g/mol. The molecule has 2 N–H and O–H groups in total. The van der Waals surface area contributed by atoms with E-state index in [9.17, 15) is 4.79 Å². The lowest BCUT2D eigenvalue weighted by molar-refractivity contribution is -0.118. The van der Waals surface area contributed by atoms with Crippen molar-refractivity contribution < 1.29 is 4.79 Å². The van der Waals surface area contributed by atoms with Gasteiger partial charge in [-0.2, -0.15) is 0 Å². The van der Waals surface area contributed by atoms with Crippen LogP contribution in [0, 0.1) is 0 Å². The van der Waals surface area contributed by atoms with Crippen LogP contribution in [0.5, 0.6) is 0 Å². The maximum absolute atomic E-state index is 11.5. The van der Waals surface area contributed by atoms with Gasteiger partial charge in [0.15, 0.2) is 0 Å². The molecule has 0 aliphatic carbocycles. The van der Waals surface area contributed by atoms with Gasteiger partial charge < -0.3 is 5.73 Å². The van der Waals surface area contributed by atoms with E-state index in [1.807, 2.05) is 11.4 Å². The zero-order valence-electron chi connectivity index (χ0n) is 7.96. The molecule has 1 rings (SSSR count). The van der Waals surface area contributed by atoms with Crippen LogP contribution in [0.3, 0.4) is 0 Å². The maximum Gasteiger partial charge on any atom is 0.138 e. The average molecular weight is 276 g/mol. The number of Topliss-reactive ketones (excluding diaryl/α,β-unsaturated/α-hetero) is 1. The molecule has 1 heterocycles. The van der Waals surface area contributed by atoms with Gasteiger partial charge in [0.25, 0.3) is 0 Å². The number of unbranched alkanes of at least 4 members (excludes halogenated alkanes) is 1. The van der Waals surface area contributed by atoms with Crippen LogP contribution in [-0.4, -0.2) is 12.3 Å². The molecule has 0 saturated carbocycles. The van der Waals surface area contributed by atoms with Crippen LogP contribution in [0.1, 0.15) is 24.1 Å². The van der Waals surface area contributed by atoms with Gasteiger partial charge in [0.05, 0.1) is 0 Å². The number of ketones is 1. The number of nitrogens with two attached hydrogens (primary N) is 1. The van der Waals surface area contributed by atoms with Crippen LogP contribution in [0.4, 0.5) is 0 Å². The normalized spacial score (nSPS) is 10.4. The van der Waals surface area contributed by atoms with Crippen LogP contribution in [0.15, 0.2) is 15.9 Å². The van der Waals surface area contributed by atoms with E-state index in [0.29, 0.717) is 25.2 Å². The van der Waals surface area contributed by atoms with E-state index in [2.05, 4.69) is 15.9 Å². The fraction of sp³-hybridized carbons (Fsp3) is 0.500. The Balaban J connectivity index is 2.31. The summed E-state index contributed by atoms with van der Waals surface area (Å²) < 4.78 is 1.05. The second-order valence-corrected chi connectivity index (χ2v) is 5.01. The summed E-state index contributed by atoms with van der Waals surface area (Å²) >= 11 is 5.04. The smallest absolute Gasteiger partial charge is 0.138 e. The van der Waals surface area contributed by atoms with Gasteiger partial charge in [-0.25, -0.2) is 0 Å². The molecule has 0 aliphatic rings. The molecule has 0 unspecified atom stereocenters. The highest BCUT2D eigenvalue weighted by Crippen LogP contribution is 2.23. The fourth-order valence-electron chi connectivity index (χ4n) is 1.19. The van der Waals surface area contributed by atoms with Gasteiger partial charge in [-0.15, -0.1) is 11.3 Å². The second kappa shape index (κ2) is 6.32. The summed E-state index contributed by atoms with van der Waals surface area (Å²) in [5, 5.41) is 1.99. The van der Waals surface area contributed by atoms with Crippen LogP contribution >= 0.6 is 27.3 Å². The molecule has 14 heavy (non-hydrogen) atoms. The van der Waals surface area contributed by atoms with Gasteiger partial charge in [0.1, 0.15) is 5.78 Å². The number of thiophene rings is 1. The number of carbonyl (C=O) groups is 1. The molecule has 0 amide bonds. The standard InChI is InChI=1S/C10H14BrNOS/c11-9-4-6-14-10(9)7-8(13)3-1-2-5-12/h4,6H,1-3,5,7,12H2. The Hall–Kier alpha value is -0.190. The Morgan fingerprint density at radius 1 is 1.50 bits per heavy atom. The van der Waals surface area contributed by atoms with Gasteiger partial charge in [-0.3, -0.25) is 4.79 Å². The SMILES string of the molecule is NCCCCC(=O)Cc1sccc1Br. The zero-order valence-corrected chi connectivity index (χ0v) is 10.4. The van der Waals surface area contributed by atoms with Crippen molar-refractivity contribution >= 4 is 33.0 Å². The van der Waals surface area contributed by atoms with E-state index in [4.69, 9.17) is 5.73 Å². The highest BCUT2D eigenvalue weighted by molar-refractivity contribution is 9.10. The molecule has 1 aromatic rings. The van der Waals surface area contributed by atoms with Gasteiger partial charge in [-0.05, 0) is 46.8 Å². The third-order valence-corrected chi connectivity index (χ3v) is 3.88. The molecule has 0 saturated heterocycles. The number of hydrogen-bond donors (Lipinski definition) is 1. The van der Waals surface area contributed by atoms with E-state index >= 15 is 0 Å². The Morgan fingerprint density at radius 3 is 2.86 bits per heavy atom. The number of carbonyl (C=O) groups excluding carboxylic acids is 1. The van der Waals surface area contributed by atoms with Crippen molar-refractivity contribution in [3.05, 3.63) is 20.8 Å². The topological polar surface area (TPSA) is 43.1 Å². The minimum Gasteiger partial charge on any atom is -0.330 e. The molecule has 0 aliphatic heterocycles. The molecule has 0 aromatic carbocycles. The molecule has 1 aromatic heterocycles. The van der Waals surface area contributed by atoms with Crippen molar-refractivity contribution in [2.45, 2.75) is 25.7 Å². The lowest BCUT2D eigenvalue weighted by atomic mass is 10.1. The monoisotopic (exact) mass is 275 g/mol. The number of hydrogen-bond acceptors (Lipinski definition) is 3. The zero-order chi connectivity index (χ0) is 10.4. The fourth-order valence-corrected chi connectivity index (χ4v) is 2.71. The first kappa shape index (κ1) is 11.9. The second-order valence-electron chi connectivity index (χ2n) is 3.15. The number of rotatable bonds is 6. The van der Waals surface area contributed by atoms with Crippen molar-refractivity contribution in [1.82, 2.24) is 0 Å². The summed E-state index contributed by atoms with van der Waals surface area (Å²) in [6, 6.07) is 1.98. The highest BCUT2D eigenvalue weighted by atomic mass is 79.9. The summed E-state index contributed by atoms with van der Waals surface area (Å²) in [5.41, 5.74) is 5.36. The minimum atomic E-state index is 0.307. The van der Waals surface area contributed by atoms with Crippen molar-refractivity contribution in [1.29, 1.82) is 0 Å². The van der Waals surface area contributed by atoms with Gasteiger partial charge in [-0.1, -0.05) is 0 Å². The van der Waals surface area contributed by atoms with Crippen LogP contribution < -0.4 is 5.73 Å². The predicted octanol–water partition coefficient (Wildman–Crippen LogP) is 2.75. The predicted molar refractivity (Wildman–Crippen MR) is 63.6 cm³/mol. The largest absolute Gasteiger partial charge is 0.330 e. The molecule has 78 valence electrons. The van der Waals surface area contributed by atoms with Gasteiger partial charge >= 0.3 is 0 Å². The summed E-state index contributed by atoms with van der Waals surface area (Å²) in [4.78, 5) is 12.6. The van der Waals surface area contributed by atoms with Crippen LogP contribution in [0.2, 0.25) is 0 Å². The lowest BCUT2D eigenvalue weighted by Crippen LogP contribution is -2.04. The Kier molecular flexibility index (Phi) is 5.37. The first-order valence-electron chi connectivity index (χ1n) is 4.67. The average Bonchev–Trinajstić information content (AvgIpc) is 2.52. The summed E-state index contributed by atoms with van der Waals surface area (Å²) in [6.07, 6.45) is 3.07. The van der Waals surface area contributed by atoms with Crippen molar-refractivity contribution in [2.75, 3.05) is 6.54 Å². The van der Waals surface area contributed by atoms with Gasteiger partial charge in [0.2, 0.25) is 0 Å². The van der Waals surface area contributed by atoms with Gasteiger partial charge in [0, 0.05) is 22.2 Å². The molecule has 2 nitrogen and oxygen atoms in total. The highest BCUT2D eigenvalue weighted by Gasteiger charge is 2.07. The Labute approximate surface area is 96.6 Å². The first-order chi connectivity index (χ1) is 6.74. The Morgan fingerprint density at radius 2 is 2.29 bits per heavy atom. The van der Waals surface area contributed by atoms with E-state index < -0.39 is 0 Å². The molecule has 0 atom stereocenters. The van der Waals surface area contributed by atoms with E-state index in [-0.39, 0.29) is 0 Å². The molecule has 0 spiro atoms. The molecule has 0 fully saturated rings. The van der Waals surface area contributed by atoms with E-state index in [0.717, 1.165) is 22.2 Å². The molecule has 0 radical (unpaired) electrons. The summed E-state index contributed by atoms with van der Waals surface area (Å²) in [5.74, 6) is 0.307. The van der Waals surface area contributed by atoms with Crippen molar-refractivity contribution in [3.63, 3.8) is 0 Å². The minimum absolute atomic E-state index is 0.307. The number of halogens is 1. The van der Waals surface area contributed by atoms with Crippen LogP contribution in [-0.2, 0) is 11.2 Å². The van der Waals surface area contributed by atoms with E-state index in [1.54, 1.807) is 11.3 Å². The molecule has 4 heteroatoms. The Bertz CT molecular complexity index is 298. The lowest BCUT2D eigenvalue weighted by Gasteiger charge is -1.99. The molecule has 0 bridgehead atoms. The summed E-state index contributed by atoms with van der Waals surface area (Å²) in [7, 11) is 0. The third-order valence-electron chi connectivity index (χ3n) is 1.96.